The molecule has 23 heavy (non-hydrogen) atoms. The largest absolute Gasteiger partial charge is 0.372 e. The lowest BCUT2D eigenvalue weighted by atomic mass is 10.1. The molecule has 0 saturated heterocycles. The van der Waals surface area contributed by atoms with Crippen LogP contribution in [0.3, 0.4) is 0 Å². The molecule has 1 aromatic heterocycles. The Kier molecular flexibility index (Phi) is 3.91. The second-order valence-corrected chi connectivity index (χ2v) is 7.01. The highest BCUT2D eigenvalue weighted by molar-refractivity contribution is 7.10. The minimum atomic E-state index is 0.0445. The van der Waals surface area contributed by atoms with Crippen molar-refractivity contribution in [1.29, 1.82) is 0 Å². The van der Waals surface area contributed by atoms with E-state index in [-0.39, 0.29) is 12.5 Å². The summed E-state index contributed by atoms with van der Waals surface area (Å²) in [7, 11) is 0. The van der Waals surface area contributed by atoms with E-state index in [9.17, 15) is 4.79 Å². The van der Waals surface area contributed by atoms with Crippen molar-refractivity contribution in [1.82, 2.24) is 4.98 Å². The van der Waals surface area contributed by atoms with Gasteiger partial charge in [-0.3, -0.25) is 4.79 Å². The monoisotopic (exact) mass is 328 g/mol. The second kappa shape index (κ2) is 6.06. The number of rotatable bonds is 5. The van der Waals surface area contributed by atoms with Crippen molar-refractivity contribution in [2.45, 2.75) is 32.1 Å². The van der Waals surface area contributed by atoms with E-state index in [2.05, 4.69) is 23.6 Å². The summed E-state index contributed by atoms with van der Waals surface area (Å²) < 4.78 is 5.25. The number of ether oxygens (including phenoxy) is 1. The van der Waals surface area contributed by atoms with Crippen LogP contribution < -0.4 is 4.90 Å². The molecule has 0 spiro atoms. The molecule has 1 amide bonds. The van der Waals surface area contributed by atoms with Crippen LogP contribution in [0.25, 0.3) is 11.3 Å². The molecule has 1 aliphatic carbocycles. The van der Waals surface area contributed by atoms with E-state index in [0.29, 0.717) is 12.5 Å². The molecule has 0 bridgehead atoms. The molecule has 1 fully saturated rings. The van der Waals surface area contributed by atoms with Crippen molar-refractivity contribution < 1.29 is 9.53 Å². The molecular weight excluding hydrogens is 308 g/mol. The van der Waals surface area contributed by atoms with E-state index < -0.39 is 0 Å². The number of nitrogens with zero attached hydrogens (tertiary/aromatic N) is 2. The number of hydrogen-bond acceptors (Lipinski definition) is 4. The van der Waals surface area contributed by atoms with Gasteiger partial charge in [-0.15, -0.1) is 11.3 Å². The fourth-order valence-electron chi connectivity index (χ4n) is 3.03. The Bertz CT molecular complexity index is 736. The van der Waals surface area contributed by atoms with Gasteiger partial charge in [0.05, 0.1) is 10.7 Å². The number of hydrogen-bond donors (Lipinski definition) is 0. The Morgan fingerprint density at radius 3 is 3.09 bits per heavy atom. The zero-order valence-corrected chi connectivity index (χ0v) is 14.1. The molecule has 0 radical (unpaired) electrons. The summed E-state index contributed by atoms with van der Waals surface area (Å²) in [6.45, 7) is 3.38. The summed E-state index contributed by atoms with van der Waals surface area (Å²) in [5, 5.41) is 3.43. The smallest absolute Gasteiger partial charge is 0.252 e. The number of thiazole rings is 1. The van der Waals surface area contributed by atoms with Gasteiger partial charge in [0.2, 0.25) is 0 Å². The number of carbonyl (C=O) groups is 1. The molecule has 2 aromatic rings. The van der Waals surface area contributed by atoms with Gasteiger partial charge in [0.25, 0.3) is 5.91 Å². The molecule has 0 N–H and O–H groups in total. The molecule has 1 aliphatic heterocycles. The normalized spacial score (nSPS) is 16.7. The average Bonchev–Trinajstić information content (AvgIpc) is 3.15. The Balaban J connectivity index is 1.55. The van der Waals surface area contributed by atoms with Crippen molar-refractivity contribution in [3.63, 3.8) is 0 Å². The maximum Gasteiger partial charge on any atom is 0.252 e. The minimum Gasteiger partial charge on any atom is -0.372 e. The highest BCUT2D eigenvalue weighted by Crippen LogP contribution is 2.42. The molecule has 1 aromatic carbocycles. The van der Waals surface area contributed by atoms with Gasteiger partial charge in [-0.05, 0) is 43.9 Å². The van der Waals surface area contributed by atoms with Gasteiger partial charge < -0.3 is 9.64 Å². The van der Waals surface area contributed by atoms with Crippen molar-refractivity contribution in [2.24, 2.45) is 0 Å². The summed E-state index contributed by atoms with van der Waals surface area (Å²) in [6.07, 6.45) is 3.47. The van der Waals surface area contributed by atoms with Crippen LogP contribution in [-0.4, -0.2) is 30.6 Å². The van der Waals surface area contributed by atoms with Crippen LogP contribution in [-0.2, 0) is 16.0 Å². The van der Waals surface area contributed by atoms with E-state index in [0.717, 1.165) is 29.9 Å². The van der Waals surface area contributed by atoms with Crippen LogP contribution in [0.15, 0.2) is 23.6 Å². The van der Waals surface area contributed by atoms with E-state index in [4.69, 9.17) is 9.72 Å². The molecule has 5 heteroatoms. The van der Waals surface area contributed by atoms with Crippen molar-refractivity contribution in [3.05, 3.63) is 34.2 Å². The summed E-state index contributed by atoms with van der Waals surface area (Å²) in [5.74, 6) is 0.748. The maximum atomic E-state index is 12.2. The number of amides is 1. The van der Waals surface area contributed by atoms with Crippen molar-refractivity contribution >= 4 is 22.9 Å². The molecule has 1 saturated carbocycles. The van der Waals surface area contributed by atoms with Gasteiger partial charge in [0, 0.05) is 35.7 Å². The van der Waals surface area contributed by atoms with Gasteiger partial charge in [-0.25, -0.2) is 4.98 Å². The third-order valence-electron chi connectivity index (χ3n) is 4.45. The van der Waals surface area contributed by atoms with Gasteiger partial charge in [0.15, 0.2) is 0 Å². The van der Waals surface area contributed by atoms with Crippen LogP contribution in [0.2, 0.25) is 0 Å². The summed E-state index contributed by atoms with van der Waals surface area (Å²) in [4.78, 5) is 18.8. The number of carbonyl (C=O) groups excluding carboxylic acids is 1. The predicted octanol–water partition coefficient (Wildman–Crippen LogP) is 3.61. The molecule has 4 rings (SSSR count). The number of benzene rings is 1. The Hall–Kier alpha value is -1.72. The highest BCUT2D eigenvalue weighted by atomic mass is 32.1. The lowest BCUT2D eigenvalue weighted by Gasteiger charge is -2.17. The van der Waals surface area contributed by atoms with Gasteiger partial charge in [-0.2, -0.15) is 0 Å². The first-order chi connectivity index (χ1) is 11.3. The summed E-state index contributed by atoms with van der Waals surface area (Å²) in [5.41, 5.74) is 4.48. The van der Waals surface area contributed by atoms with Gasteiger partial charge in [-0.1, -0.05) is 6.07 Å². The standard InChI is InChI=1S/C18H20N2O2S/c1-2-22-10-17(21)20-8-7-14-9-13(5-6-16(14)20)15-11-23-18(19-15)12-3-4-12/h5-6,9,11-12H,2-4,7-8,10H2,1H3. The third kappa shape index (κ3) is 2.91. The fourth-order valence-corrected chi connectivity index (χ4v) is 4.03. The number of anilines is 1. The van der Waals surface area contributed by atoms with Crippen LogP contribution in [0.1, 0.15) is 36.3 Å². The van der Waals surface area contributed by atoms with E-state index >= 15 is 0 Å². The van der Waals surface area contributed by atoms with Crippen molar-refractivity contribution in [2.75, 3.05) is 24.7 Å². The van der Waals surface area contributed by atoms with E-state index in [1.54, 1.807) is 11.3 Å². The van der Waals surface area contributed by atoms with Crippen LogP contribution in [0, 0.1) is 0 Å². The Labute approximate surface area is 140 Å². The molecule has 0 atom stereocenters. The Morgan fingerprint density at radius 2 is 2.30 bits per heavy atom. The maximum absolute atomic E-state index is 12.2. The molecule has 0 unspecified atom stereocenters. The zero-order chi connectivity index (χ0) is 15.8. The number of aromatic nitrogens is 1. The summed E-state index contributed by atoms with van der Waals surface area (Å²) in [6, 6.07) is 6.32. The summed E-state index contributed by atoms with van der Waals surface area (Å²) >= 11 is 1.77. The molecular formula is C18H20N2O2S. The first-order valence-electron chi connectivity index (χ1n) is 8.23. The fraction of sp³-hybridized carbons (Fsp3) is 0.444. The molecule has 2 heterocycles. The van der Waals surface area contributed by atoms with Gasteiger partial charge >= 0.3 is 0 Å². The van der Waals surface area contributed by atoms with Crippen LogP contribution in [0.5, 0.6) is 0 Å². The lowest BCUT2D eigenvalue weighted by molar-refractivity contribution is -0.122. The van der Waals surface area contributed by atoms with E-state index in [1.807, 2.05) is 11.8 Å². The minimum absolute atomic E-state index is 0.0445. The quantitative estimate of drug-likeness (QED) is 0.842. The Morgan fingerprint density at radius 1 is 1.43 bits per heavy atom. The van der Waals surface area contributed by atoms with E-state index in [1.165, 1.54) is 23.4 Å². The first-order valence-corrected chi connectivity index (χ1v) is 9.11. The zero-order valence-electron chi connectivity index (χ0n) is 13.2. The van der Waals surface area contributed by atoms with Crippen LogP contribution in [0.4, 0.5) is 5.69 Å². The number of fused-ring (bicyclic) bond motifs is 1. The lowest BCUT2D eigenvalue weighted by Crippen LogP contribution is -2.32. The first kappa shape index (κ1) is 14.8. The topological polar surface area (TPSA) is 42.4 Å². The molecule has 4 nitrogen and oxygen atoms in total. The second-order valence-electron chi connectivity index (χ2n) is 6.12. The molecule has 2 aliphatic rings. The highest BCUT2D eigenvalue weighted by Gasteiger charge is 2.28. The SMILES string of the molecule is CCOCC(=O)N1CCc2cc(-c3csc(C4CC4)n3)ccc21. The van der Waals surface area contributed by atoms with Crippen molar-refractivity contribution in [3.8, 4) is 11.3 Å². The average molecular weight is 328 g/mol. The third-order valence-corrected chi connectivity index (χ3v) is 5.46. The predicted molar refractivity (Wildman–Crippen MR) is 92.1 cm³/mol. The molecule has 120 valence electrons. The van der Waals surface area contributed by atoms with Crippen LogP contribution >= 0.6 is 11.3 Å². The van der Waals surface area contributed by atoms with Gasteiger partial charge in [0.1, 0.15) is 6.61 Å².